The molecule has 1 saturated heterocycles. The molecule has 0 aromatic heterocycles. The summed E-state index contributed by atoms with van der Waals surface area (Å²) in [6.45, 7) is 10.6. The molecule has 4 heteroatoms. The number of carbonyl (C=O) groups is 2. The van der Waals surface area contributed by atoms with Crippen LogP contribution in [-0.2, 0) is 31.9 Å². The summed E-state index contributed by atoms with van der Waals surface area (Å²) < 4.78 is 11.0. The maximum Gasteiger partial charge on any atom is 0.327 e. The third kappa shape index (κ3) is 3.91. The van der Waals surface area contributed by atoms with Crippen LogP contribution in [0.3, 0.4) is 0 Å². The van der Waals surface area contributed by atoms with Crippen LogP contribution in [0, 0.1) is 5.41 Å². The van der Waals surface area contributed by atoms with Crippen molar-refractivity contribution in [3.05, 3.63) is 83.9 Å². The SMILES string of the molecule is C=Cc1ccc(CC2(Cc3ccc(C=C)cc3)C(=O)OC(C)(C)OC2=O)cc1. The Balaban J connectivity index is 1.99. The molecule has 4 nitrogen and oxygen atoms in total. The number of benzene rings is 2. The van der Waals surface area contributed by atoms with Crippen molar-refractivity contribution in [2.45, 2.75) is 32.5 Å². The molecule has 2 aromatic carbocycles. The van der Waals surface area contributed by atoms with Crippen LogP contribution in [0.4, 0.5) is 0 Å². The highest BCUT2D eigenvalue weighted by Gasteiger charge is 2.56. The molecular weight excluding hydrogens is 352 g/mol. The van der Waals surface area contributed by atoms with Gasteiger partial charge in [0.1, 0.15) is 0 Å². The van der Waals surface area contributed by atoms with Crippen LogP contribution in [0.2, 0.25) is 0 Å². The molecule has 0 atom stereocenters. The Bertz CT molecular complexity index is 829. The molecule has 0 aliphatic carbocycles. The molecule has 1 aliphatic heterocycles. The van der Waals surface area contributed by atoms with Crippen molar-refractivity contribution < 1.29 is 19.1 Å². The number of hydrogen-bond donors (Lipinski definition) is 0. The number of esters is 2. The summed E-state index contributed by atoms with van der Waals surface area (Å²) in [7, 11) is 0. The van der Waals surface area contributed by atoms with Crippen molar-refractivity contribution in [1.29, 1.82) is 0 Å². The Hall–Kier alpha value is -3.14. The summed E-state index contributed by atoms with van der Waals surface area (Å²) in [6.07, 6.45) is 3.88. The first-order valence-electron chi connectivity index (χ1n) is 9.18. The molecule has 0 unspecified atom stereocenters. The van der Waals surface area contributed by atoms with Gasteiger partial charge in [-0.05, 0) is 35.1 Å². The third-order valence-electron chi connectivity index (χ3n) is 4.90. The molecule has 3 rings (SSSR count). The molecule has 1 aliphatic rings. The second-order valence-electron chi connectivity index (χ2n) is 7.51. The van der Waals surface area contributed by atoms with Gasteiger partial charge in [0.25, 0.3) is 5.79 Å². The lowest BCUT2D eigenvalue weighted by molar-refractivity contribution is -0.251. The van der Waals surface area contributed by atoms with E-state index in [0.717, 1.165) is 22.3 Å². The summed E-state index contributed by atoms with van der Waals surface area (Å²) in [5.74, 6) is -2.39. The fourth-order valence-electron chi connectivity index (χ4n) is 3.34. The molecule has 0 amide bonds. The Morgan fingerprint density at radius 1 is 0.750 bits per heavy atom. The van der Waals surface area contributed by atoms with E-state index in [1.807, 2.05) is 48.5 Å². The van der Waals surface area contributed by atoms with Gasteiger partial charge < -0.3 is 9.47 Å². The fourth-order valence-corrected chi connectivity index (χ4v) is 3.34. The van der Waals surface area contributed by atoms with Crippen molar-refractivity contribution in [3.8, 4) is 0 Å². The number of rotatable bonds is 6. The molecular formula is C24H24O4. The van der Waals surface area contributed by atoms with E-state index in [0.29, 0.717) is 0 Å². The average molecular weight is 376 g/mol. The molecule has 2 aromatic rings. The minimum atomic E-state index is -1.43. The van der Waals surface area contributed by atoms with E-state index in [4.69, 9.17) is 9.47 Å². The highest BCUT2D eigenvalue weighted by molar-refractivity contribution is 6.02. The van der Waals surface area contributed by atoms with Crippen molar-refractivity contribution in [3.63, 3.8) is 0 Å². The van der Waals surface area contributed by atoms with Crippen LogP contribution < -0.4 is 0 Å². The maximum atomic E-state index is 13.0. The van der Waals surface area contributed by atoms with Crippen LogP contribution in [0.15, 0.2) is 61.7 Å². The van der Waals surface area contributed by atoms with E-state index >= 15 is 0 Å². The topological polar surface area (TPSA) is 52.6 Å². The molecule has 1 fully saturated rings. The quantitative estimate of drug-likeness (QED) is 0.547. The summed E-state index contributed by atoms with van der Waals surface area (Å²) in [5.41, 5.74) is 2.20. The Kier molecular flexibility index (Phi) is 5.23. The molecule has 0 radical (unpaired) electrons. The lowest BCUT2D eigenvalue weighted by Crippen LogP contribution is -2.56. The Morgan fingerprint density at radius 3 is 1.43 bits per heavy atom. The third-order valence-corrected chi connectivity index (χ3v) is 4.90. The zero-order valence-corrected chi connectivity index (χ0v) is 16.2. The predicted octanol–water partition coefficient (Wildman–Crippen LogP) is 4.58. The van der Waals surface area contributed by atoms with E-state index in [9.17, 15) is 9.59 Å². The van der Waals surface area contributed by atoms with Gasteiger partial charge in [0, 0.05) is 13.8 Å². The van der Waals surface area contributed by atoms with E-state index < -0.39 is 23.1 Å². The largest absolute Gasteiger partial charge is 0.422 e. The highest BCUT2D eigenvalue weighted by Crippen LogP contribution is 2.38. The van der Waals surface area contributed by atoms with E-state index in [1.54, 1.807) is 26.0 Å². The molecule has 0 spiro atoms. The summed E-state index contributed by atoms with van der Waals surface area (Å²) in [6, 6.07) is 15.2. The van der Waals surface area contributed by atoms with Gasteiger partial charge in [0.2, 0.25) is 0 Å². The van der Waals surface area contributed by atoms with Gasteiger partial charge in [-0.25, -0.2) is 0 Å². The smallest absolute Gasteiger partial charge is 0.327 e. The predicted molar refractivity (Wildman–Crippen MR) is 109 cm³/mol. The zero-order chi connectivity index (χ0) is 20.4. The molecule has 0 bridgehead atoms. The summed E-state index contributed by atoms with van der Waals surface area (Å²) in [4.78, 5) is 26.1. The standard InChI is InChI=1S/C24H24O4/c1-5-17-7-11-19(12-8-17)15-24(16-20-13-9-18(6-2)10-14-20)21(25)27-23(3,4)28-22(24)26/h5-14H,1-2,15-16H2,3-4H3. The monoisotopic (exact) mass is 376 g/mol. The lowest BCUT2D eigenvalue weighted by atomic mass is 9.75. The Morgan fingerprint density at radius 2 is 1.11 bits per heavy atom. The minimum Gasteiger partial charge on any atom is -0.422 e. The van der Waals surface area contributed by atoms with Crippen LogP contribution in [0.5, 0.6) is 0 Å². The van der Waals surface area contributed by atoms with Gasteiger partial charge in [0.05, 0.1) is 0 Å². The zero-order valence-electron chi connectivity index (χ0n) is 16.2. The van der Waals surface area contributed by atoms with Crippen molar-refractivity contribution in [2.75, 3.05) is 0 Å². The van der Waals surface area contributed by atoms with E-state index in [-0.39, 0.29) is 12.8 Å². The second kappa shape index (κ2) is 7.47. The average Bonchev–Trinajstić information content (AvgIpc) is 2.66. The normalized spacial score (nSPS) is 17.4. The number of ether oxygens (including phenoxy) is 2. The summed E-state index contributed by atoms with van der Waals surface area (Å²) in [5, 5.41) is 0. The van der Waals surface area contributed by atoms with Gasteiger partial charge in [-0.3, -0.25) is 9.59 Å². The first-order chi connectivity index (χ1) is 13.3. The number of hydrogen-bond acceptors (Lipinski definition) is 4. The molecule has 1 heterocycles. The lowest BCUT2D eigenvalue weighted by Gasteiger charge is -2.40. The van der Waals surface area contributed by atoms with Gasteiger partial charge in [-0.1, -0.05) is 73.8 Å². The van der Waals surface area contributed by atoms with Crippen LogP contribution >= 0.6 is 0 Å². The van der Waals surface area contributed by atoms with Crippen LogP contribution in [-0.4, -0.2) is 17.7 Å². The van der Waals surface area contributed by atoms with Gasteiger partial charge >= 0.3 is 11.9 Å². The highest BCUT2D eigenvalue weighted by atomic mass is 16.7. The number of cyclic esters (lactones) is 2. The molecule has 0 saturated carbocycles. The summed E-state index contributed by atoms with van der Waals surface area (Å²) >= 11 is 0. The van der Waals surface area contributed by atoms with Crippen LogP contribution in [0.25, 0.3) is 12.2 Å². The van der Waals surface area contributed by atoms with Crippen molar-refractivity contribution >= 4 is 24.1 Å². The minimum absolute atomic E-state index is 0.196. The van der Waals surface area contributed by atoms with E-state index in [1.165, 1.54) is 0 Å². The molecule has 144 valence electrons. The molecule has 28 heavy (non-hydrogen) atoms. The Labute approximate surface area is 165 Å². The van der Waals surface area contributed by atoms with Gasteiger partial charge in [-0.15, -0.1) is 0 Å². The van der Waals surface area contributed by atoms with Crippen LogP contribution in [0.1, 0.15) is 36.1 Å². The fraction of sp³-hybridized carbons (Fsp3) is 0.250. The van der Waals surface area contributed by atoms with Gasteiger partial charge in [-0.2, -0.15) is 0 Å². The maximum absolute atomic E-state index is 13.0. The van der Waals surface area contributed by atoms with Crippen molar-refractivity contribution in [1.82, 2.24) is 0 Å². The number of carbonyl (C=O) groups excluding carboxylic acids is 2. The first kappa shape index (κ1) is 19.6. The molecule has 0 N–H and O–H groups in total. The van der Waals surface area contributed by atoms with E-state index in [2.05, 4.69) is 13.2 Å². The van der Waals surface area contributed by atoms with Gasteiger partial charge in [0.15, 0.2) is 5.41 Å². The second-order valence-corrected chi connectivity index (χ2v) is 7.51. The van der Waals surface area contributed by atoms with Crippen molar-refractivity contribution in [2.24, 2.45) is 5.41 Å². The first-order valence-corrected chi connectivity index (χ1v) is 9.18.